The highest BCUT2D eigenvalue weighted by atomic mass is 19.1. The van der Waals surface area contributed by atoms with E-state index in [1.54, 1.807) is 67.2 Å². The Balaban J connectivity index is 0.000000647. The lowest BCUT2D eigenvalue weighted by Gasteiger charge is -2.03. The van der Waals surface area contributed by atoms with E-state index in [1.807, 2.05) is 6.07 Å². The van der Waals surface area contributed by atoms with E-state index in [2.05, 4.69) is 44.2 Å². The van der Waals surface area contributed by atoms with Gasteiger partial charge >= 0.3 is 11.9 Å². The van der Waals surface area contributed by atoms with Gasteiger partial charge in [0.25, 0.3) is 0 Å². The third kappa shape index (κ3) is 14.5. The van der Waals surface area contributed by atoms with Crippen LogP contribution in [0.1, 0.15) is 20.8 Å². The number of ether oxygens (including phenoxy) is 2. The van der Waals surface area contributed by atoms with Crippen molar-refractivity contribution in [3.8, 4) is 35.1 Å². The van der Waals surface area contributed by atoms with E-state index < -0.39 is 19.1 Å². The van der Waals surface area contributed by atoms with Gasteiger partial charge in [-0.1, -0.05) is 53.7 Å². The number of carbonyl (C=O) groups excluding carboxylic acids is 2. The van der Waals surface area contributed by atoms with Crippen LogP contribution in [0.5, 0.6) is 11.5 Å². The first-order valence-corrected chi connectivity index (χ1v) is 12.0. The third-order valence-electron chi connectivity index (χ3n) is 4.52. The Morgan fingerprint density at radius 1 is 1.10 bits per heavy atom. The number of carbonyl (C=O) groups is 2. The second-order valence-electron chi connectivity index (χ2n) is 7.83. The summed E-state index contributed by atoms with van der Waals surface area (Å²) in [5.74, 6) is 1.77. The molecule has 0 spiro atoms. The summed E-state index contributed by atoms with van der Waals surface area (Å²) in [5, 5.41) is 29.8. The number of aromatic hydroxyl groups is 2. The van der Waals surface area contributed by atoms with E-state index in [4.69, 9.17) is 23.2 Å². The lowest BCUT2D eigenvalue weighted by atomic mass is 10.1. The van der Waals surface area contributed by atoms with E-state index in [0.717, 1.165) is 0 Å². The van der Waals surface area contributed by atoms with Crippen LogP contribution in [-0.2, 0) is 25.6 Å². The fourth-order valence-corrected chi connectivity index (χ4v) is 2.52. The van der Waals surface area contributed by atoms with Crippen molar-refractivity contribution in [3.05, 3.63) is 95.0 Å². The van der Waals surface area contributed by atoms with Crippen LogP contribution in [-0.4, -0.2) is 64.1 Å². The van der Waals surface area contributed by atoms with Gasteiger partial charge < -0.3 is 19.7 Å². The largest absolute Gasteiger partial charge is 0.507 e. The highest BCUT2D eigenvalue weighted by Crippen LogP contribution is 2.26. The fraction of sp³-hybridized carbons (Fsp3) is 0.241. The molecule has 0 saturated heterocycles. The summed E-state index contributed by atoms with van der Waals surface area (Å²) in [6.07, 6.45) is 6.72. The fourth-order valence-electron chi connectivity index (χ4n) is 2.52. The zero-order valence-electron chi connectivity index (χ0n) is 24.3. The van der Waals surface area contributed by atoms with Gasteiger partial charge in [0.05, 0.1) is 40.0 Å². The predicted octanol–water partition coefficient (Wildman–Crippen LogP) is 5.15. The molecule has 3 rings (SSSR count). The number of esters is 2. The van der Waals surface area contributed by atoms with Crippen molar-refractivity contribution < 1.29 is 35.0 Å². The van der Waals surface area contributed by atoms with Crippen LogP contribution in [0.2, 0.25) is 0 Å². The normalized spacial score (nSPS) is 9.24. The number of benzene rings is 2. The number of azide groups is 1. The molecule has 0 amide bonds. The molecule has 0 fully saturated rings. The molecule has 0 aliphatic heterocycles. The van der Waals surface area contributed by atoms with Crippen molar-refractivity contribution in [1.82, 2.24) is 15.0 Å². The molecule has 0 bridgehead atoms. The maximum atomic E-state index is 11.2. The quantitative estimate of drug-likeness (QED) is 0.0664. The molecule has 0 unspecified atom stereocenters. The summed E-state index contributed by atoms with van der Waals surface area (Å²) < 4.78 is 26.6. The van der Waals surface area contributed by atoms with Crippen molar-refractivity contribution in [2.75, 3.05) is 26.9 Å². The van der Waals surface area contributed by atoms with Crippen molar-refractivity contribution in [2.45, 2.75) is 20.4 Å². The van der Waals surface area contributed by atoms with Crippen LogP contribution in [0.15, 0.2) is 84.1 Å². The van der Waals surface area contributed by atoms with E-state index in [1.165, 1.54) is 0 Å². The van der Waals surface area contributed by atoms with E-state index >= 15 is 0 Å². The second kappa shape index (κ2) is 21.2. The summed E-state index contributed by atoms with van der Waals surface area (Å²) in [6, 6.07) is 13.7. The minimum absolute atomic E-state index is 0.107. The van der Waals surface area contributed by atoms with Crippen LogP contribution in [0, 0.1) is 12.3 Å². The highest BCUT2D eigenvalue weighted by molar-refractivity contribution is 5.87. The molecule has 0 radical (unpaired) electrons. The molecule has 0 saturated carbocycles. The maximum absolute atomic E-state index is 11.2. The van der Waals surface area contributed by atoms with Gasteiger partial charge in [-0.3, -0.25) is 4.39 Å². The number of hydrogen-bond acceptors (Lipinski definition) is 9. The van der Waals surface area contributed by atoms with E-state index in [9.17, 15) is 19.1 Å². The molecule has 222 valence electrons. The SMILES string of the molecule is C#Cc1ccccc1O.C=C(C)C(=O)OCCN=[N+]=[N-].C=C(C)C(=O)OCCn1cc(-c2ccccc2O)nn1.[2H]CF. The van der Waals surface area contributed by atoms with Crippen molar-refractivity contribution in [2.24, 2.45) is 5.11 Å². The number of phenolic OH excluding ortho intramolecular Hbond substituents is 2. The minimum atomic E-state index is -1.00. The third-order valence-corrected chi connectivity index (χ3v) is 4.52. The zero-order chi connectivity index (χ0) is 32.6. The molecule has 3 aromatic rings. The summed E-state index contributed by atoms with van der Waals surface area (Å²) in [6.45, 7) is 10.9. The summed E-state index contributed by atoms with van der Waals surface area (Å²) in [5.41, 5.74) is 10.3. The lowest BCUT2D eigenvalue weighted by Crippen LogP contribution is -2.11. The van der Waals surface area contributed by atoms with E-state index in [0.29, 0.717) is 34.5 Å². The molecule has 1 aromatic heterocycles. The highest BCUT2D eigenvalue weighted by Gasteiger charge is 2.09. The van der Waals surface area contributed by atoms with Gasteiger partial charge in [-0.15, -0.1) is 11.5 Å². The number of aromatic nitrogens is 3. The number of phenols is 2. The van der Waals surface area contributed by atoms with Crippen LogP contribution in [0.25, 0.3) is 21.7 Å². The number of hydrogen-bond donors (Lipinski definition) is 2. The number of halogens is 1. The Kier molecular flexibility index (Phi) is 17.4. The molecular weight excluding hydrogens is 547 g/mol. The molecule has 12 nitrogen and oxygen atoms in total. The first-order chi connectivity index (χ1) is 20.5. The van der Waals surface area contributed by atoms with Crippen LogP contribution >= 0.6 is 0 Å². The maximum Gasteiger partial charge on any atom is 0.333 e. The van der Waals surface area contributed by atoms with Gasteiger partial charge in [-0.05, 0) is 43.6 Å². The number of rotatable bonds is 9. The summed E-state index contributed by atoms with van der Waals surface area (Å²) in [7, 11) is -1.00. The Labute approximate surface area is 244 Å². The van der Waals surface area contributed by atoms with Crippen molar-refractivity contribution in [3.63, 3.8) is 0 Å². The van der Waals surface area contributed by atoms with E-state index in [-0.39, 0.29) is 31.3 Å². The molecule has 0 aliphatic carbocycles. The Morgan fingerprint density at radius 2 is 1.64 bits per heavy atom. The Hall–Kier alpha value is -5.60. The standard InChI is InChI=1S/C14H15N3O3.C8H6O.C6H9N3O2.CH3F/c1-10(2)14(19)20-8-7-17-9-12(15-16-17)11-5-3-4-6-13(11)18;1-2-7-5-3-4-6-8(7)9;1-5(2)6(10)11-4-3-8-9-7;1-2/h3-6,9,18H,1,7-8H2,2H3;1,3-6,9H;1,3-4H2,2H3;1H3/i;;;1D. The topological polar surface area (TPSA) is 173 Å². The van der Waals surface area contributed by atoms with Crippen molar-refractivity contribution >= 4 is 11.9 Å². The average molecular weight is 582 g/mol. The zero-order valence-corrected chi connectivity index (χ0v) is 23.3. The first-order valence-electron chi connectivity index (χ1n) is 12.7. The number of nitrogens with zero attached hydrogens (tertiary/aromatic N) is 6. The van der Waals surface area contributed by atoms with Crippen LogP contribution in [0.3, 0.4) is 0 Å². The molecule has 42 heavy (non-hydrogen) atoms. The van der Waals surface area contributed by atoms with Crippen molar-refractivity contribution in [1.29, 1.82) is 0 Å². The second-order valence-corrected chi connectivity index (χ2v) is 7.83. The minimum Gasteiger partial charge on any atom is -0.507 e. The van der Waals surface area contributed by atoms with Gasteiger partial charge in [-0.25, -0.2) is 14.3 Å². The number of para-hydroxylation sites is 2. The van der Waals surface area contributed by atoms with Gasteiger partial charge in [0.15, 0.2) is 0 Å². The molecule has 0 atom stereocenters. The summed E-state index contributed by atoms with van der Waals surface area (Å²) in [4.78, 5) is 24.3. The summed E-state index contributed by atoms with van der Waals surface area (Å²) >= 11 is 0. The smallest absolute Gasteiger partial charge is 0.333 e. The molecule has 13 heteroatoms. The Morgan fingerprint density at radius 3 is 2.14 bits per heavy atom. The Bertz CT molecular complexity index is 1430. The average Bonchev–Trinajstić information content (AvgIpc) is 3.45. The molecule has 1 heterocycles. The predicted molar refractivity (Wildman–Crippen MR) is 156 cm³/mol. The molecular formula is C29H33FN6O6. The number of alkyl halides is 1. The molecule has 2 N–H and O–H groups in total. The molecule has 2 aromatic carbocycles. The number of terminal acetylenes is 1. The van der Waals surface area contributed by atoms with Crippen LogP contribution in [0.4, 0.5) is 4.39 Å². The van der Waals surface area contributed by atoms with Gasteiger partial charge in [0.2, 0.25) is 0 Å². The van der Waals surface area contributed by atoms with Gasteiger partial charge in [0, 0.05) is 21.6 Å². The van der Waals surface area contributed by atoms with Gasteiger partial charge in [0.1, 0.15) is 23.8 Å². The molecule has 0 aliphatic rings. The monoisotopic (exact) mass is 581 g/mol. The van der Waals surface area contributed by atoms with Crippen LogP contribution < -0.4 is 0 Å². The van der Waals surface area contributed by atoms with Gasteiger partial charge in [-0.2, -0.15) is 0 Å². The lowest BCUT2D eigenvalue weighted by molar-refractivity contribution is -0.139. The first kappa shape index (κ1) is 34.4.